The maximum Gasteiger partial charge on any atom is -0.0260 e. The minimum absolute atomic E-state index is 0.824. The Hall–Kier alpha value is -1.30. The maximum atomic E-state index is 3.95. The third kappa shape index (κ3) is 7.11. The van der Waals surface area contributed by atoms with Gasteiger partial charge in [0.2, 0.25) is 0 Å². The van der Waals surface area contributed by atoms with Gasteiger partial charge in [0.15, 0.2) is 0 Å². The molecule has 0 spiro atoms. The Balaban J connectivity index is 2.13. The lowest BCUT2D eigenvalue weighted by Crippen LogP contribution is -1.94. The maximum absolute atomic E-state index is 3.95. The van der Waals surface area contributed by atoms with Crippen LogP contribution in [0.2, 0.25) is 0 Å². The molecule has 1 rings (SSSR count). The summed E-state index contributed by atoms with van der Waals surface area (Å²) in [6, 6.07) is 10.5. The molecule has 0 saturated carbocycles. The van der Waals surface area contributed by atoms with Crippen LogP contribution < -0.4 is 0 Å². The van der Waals surface area contributed by atoms with Crippen molar-refractivity contribution in [3.8, 4) is 0 Å². The van der Waals surface area contributed by atoms with Crippen molar-refractivity contribution in [3.63, 3.8) is 0 Å². The van der Waals surface area contributed by atoms with Crippen molar-refractivity contribution in [2.75, 3.05) is 0 Å². The predicted molar refractivity (Wildman–Crippen MR) is 82.5 cm³/mol. The highest BCUT2D eigenvalue weighted by Gasteiger charge is 2.00. The molecule has 98 valence electrons. The minimum Gasteiger partial charge on any atom is -0.100 e. The van der Waals surface area contributed by atoms with Gasteiger partial charge in [-0.2, -0.15) is 0 Å². The molecule has 0 radical (unpaired) electrons. The summed E-state index contributed by atoms with van der Waals surface area (Å²) in [4.78, 5) is 0. The lowest BCUT2D eigenvalue weighted by Gasteiger charge is -2.09. The summed E-state index contributed by atoms with van der Waals surface area (Å²) in [6.45, 7) is 8.42. The van der Waals surface area contributed by atoms with Crippen LogP contribution in [0.15, 0.2) is 48.6 Å². The third-order valence-corrected chi connectivity index (χ3v) is 3.24. The number of hydrogen-bond acceptors (Lipinski definition) is 0. The lowest BCUT2D eigenvalue weighted by molar-refractivity contribution is 0.479. The fraction of sp³-hybridized carbons (Fsp3) is 0.444. The second-order valence-corrected chi connectivity index (χ2v) is 5.34. The van der Waals surface area contributed by atoms with E-state index in [1.807, 2.05) is 0 Å². The fourth-order valence-electron chi connectivity index (χ4n) is 2.06. The van der Waals surface area contributed by atoms with Crippen LogP contribution in [0.3, 0.4) is 0 Å². The van der Waals surface area contributed by atoms with E-state index in [1.165, 1.54) is 43.2 Å². The molecular formula is C18H26. The molecule has 0 nitrogen and oxygen atoms in total. The topological polar surface area (TPSA) is 0 Å². The Labute approximate surface area is 112 Å². The van der Waals surface area contributed by atoms with Gasteiger partial charge in [-0.05, 0) is 44.1 Å². The summed E-state index contributed by atoms with van der Waals surface area (Å²) in [5.41, 5.74) is 2.61. The quantitative estimate of drug-likeness (QED) is 0.501. The number of hydrogen-bond donors (Lipinski definition) is 0. The molecule has 0 bridgehead atoms. The first-order valence-corrected chi connectivity index (χ1v) is 7.04. The molecule has 18 heavy (non-hydrogen) atoms. The Kier molecular flexibility index (Phi) is 7.17. The van der Waals surface area contributed by atoms with Gasteiger partial charge in [-0.3, -0.25) is 0 Å². The van der Waals surface area contributed by atoms with Crippen molar-refractivity contribution in [3.05, 3.63) is 54.1 Å². The van der Waals surface area contributed by atoms with E-state index in [1.54, 1.807) is 0 Å². The summed E-state index contributed by atoms with van der Waals surface area (Å²) in [5, 5.41) is 0. The smallest absolute Gasteiger partial charge is 0.0260 e. The Morgan fingerprint density at radius 3 is 2.61 bits per heavy atom. The highest BCUT2D eigenvalue weighted by molar-refractivity contribution is 5.48. The zero-order chi connectivity index (χ0) is 13.2. The van der Waals surface area contributed by atoms with Gasteiger partial charge in [0.25, 0.3) is 0 Å². The third-order valence-electron chi connectivity index (χ3n) is 3.24. The van der Waals surface area contributed by atoms with Gasteiger partial charge in [0, 0.05) is 0 Å². The molecule has 1 aromatic carbocycles. The van der Waals surface area contributed by atoms with Crippen LogP contribution in [0, 0.1) is 5.92 Å². The normalized spacial score (nSPS) is 12.8. The molecule has 0 unspecified atom stereocenters. The summed E-state index contributed by atoms with van der Waals surface area (Å²) in [7, 11) is 0. The van der Waals surface area contributed by atoms with Crippen molar-refractivity contribution in [1.82, 2.24) is 0 Å². The van der Waals surface area contributed by atoms with Gasteiger partial charge in [-0.1, -0.05) is 61.4 Å². The first-order valence-electron chi connectivity index (χ1n) is 7.04. The fourth-order valence-corrected chi connectivity index (χ4v) is 2.06. The van der Waals surface area contributed by atoms with E-state index in [0.29, 0.717) is 0 Å². The van der Waals surface area contributed by atoms with Gasteiger partial charge < -0.3 is 0 Å². The highest BCUT2D eigenvalue weighted by Crippen LogP contribution is 2.16. The molecule has 0 amide bonds. The zero-order valence-corrected chi connectivity index (χ0v) is 11.9. The van der Waals surface area contributed by atoms with E-state index in [2.05, 4.69) is 62.9 Å². The van der Waals surface area contributed by atoms with Crippen molar-refractivity contribution < 1.29 is 0 Å². The second-order valence-electron chi connectivity index (χ2n) is 5.34. The molecule has 0 aliphatic rings. The monoisotopic (exact) mass is 242 g/mol. The molecular weight excluding hydrogens is 216 g/mol. The predicted octanol–water partition coefficient (Wildman–Crippen LogP) is 5.86. The van der Waals surface area contributed by atoms with Gasteiger partial charge in [0.05, 0.1) is 0 Å². The molecule has 0 heteroatoms. The number of benzene rings is 1. The van der Waals surface area contributed by atoms with E-state index >= 15 is 0 Å². The van der Waals surface area contributed by atoms with Crippen molar-refractivity contribution >= 4 is 6.08 Å². The number of rotatable bonds is 8. The van der Waals surface area contributed by atoms with Gasteiger partial charge >= 0.3 is 0 Å². The molecule has 0 heterocycles. The summed E-state index contributed by atoms with van der Waals surface area (Å²) in [5.74, 6) is 0.824. The Morgan fingerprint density at radius 2 is 1.94 bits per heavy atom. The van der Waals surface area contributed by atoms with Crippen LogP contribution in [0.4, 0.5) is 0 Å². The van der Waals surface area contributed by atoms with Crippen LogP contribution in [-0.4, -0.2) is 0 Å². The van der Waals surface area contributed by atoms with E-state index < -0.39 is 0 Å². The molecule has 0 N–H and O–H groups in total. The molecule has 0 fully saturated rings. The van der Waals surface area contributed by atoms with Crippen LogP contribution >= 0.6 is 0 Å². The van der Waals surface area contributed by atoms with Crippen molar-refractivity contribution in [1.29, 1.82) is 0 Å². The highest BCUT2D eigenvalue weighted by atomic mass is 14.1. The van der Waals surface area contributed by atoms with Crippen LogP contribution in [0.5, 0.6) is 0 Å². The molecule has 0 aromatic heterocycles. The van der Waals surface area contributed by atoms with Crippen molar-refractivity contribution in [2.24, 2.45) is 5.92 Å². The molecule has 1 aromatic rings. The van der Waals surface area contributed by atoms with Crippen molar-refractivity contribution in [2.45, 2.75) is 46.0 Å². The van der Waals surface area contributed by atoms with Crippen LogP contribution in [0.25, 0.3) is 6.08 Å². The van der Waals surface area contributed by atoms with E-state index in [-0.39, 0.29) is 0 Å². The van der Waals surface area contributed by atoms with Gasteiger partial charge in [-0.15, -0.1) is 6.58 Å². The molecule has 0 aliphatic heterocycles. The Morgan fingerprint density at radius 1 is 1.22 bits per heavy atom. The van der Waals surface area contributed by atoms with Gasteiger partial charge in [-0.25, -0.2) is 0 Å². The SMILES string of the molecule is C=C(C)CCC[C@@H](C)CCC=Cc1ccccc1. The first-order chi connectivity index (χ1) is 8.68. The zero-order valence-electron chi connectivity index (χ0n) is 11.9. The van der Waals surface area contributed by atoms with E-state index in [0.717, 1.165) is 5.92 Å². The molecule has 1 atom stereocenters. The standard InChI is InChI=1S/C18H26/c1-16(2)10-9-12-17(3)11-7-8-15-18-13-5-4-6-14-18/h4-6,8,13-15,17H,1,7,9-12H2,2-3H3/t17-/m0/s1. The van der Waals surface area contributed by atoms with E-state index in [9.17, 15) is 0 Å². The summed E-state index contributed by atoms with van der Waals surface area (Å²) >= 11 is 0. The second kappa shape index (κ2) is 8.74. The van der Waals surface area contributed by atoms with Crippen LogP contribution in [-0.2, 0) is 0 Å². The summed E-state index contributed by atoms with van der Waals surface area (Å²) < 4.78 is 0. The lowest BCUT2D eigenvalue weighted by atomic mass is 9.97. The molecule has 0 aliphatic carbocycles. The average Bonchev–Trinajstić information content (AvgIpc) is 2.35. The number of allylic oxidation sites excluding steroid dienone is 2. The van der Waals surface area contributed by atoms with Crippen LogP contribution in [0.1, 0.15) is 51.5 Å². The summed E-state index contributed by atoms with van der Waals surface area (Å²) in [6.07, 6.45) is 10.8. The Bertz CT molecular complexity index is 359. The first kappa shape index (κ1) is 14.8. The van der Waals surface area contributed by atoms with E-state index in [4.69, 9.17) is 0 Å². The average molecular weight is 242 g/mol. The van der Waals surface area contributed by atoms with Gasteiger partial charge in [0.1, 0.15) is 0 Å². The minimum atomic E-state index is 0.824. The largest absolute Gasteiger partial charge is 0.100 e. The molecule has 0 saturated heterocycles.